The van der Waals surface area contributed by atoms with Crippen LogP contribution in [0.3, 0.4) is 0 Å². The molecule has 1 spiro atoms. The smallest absolute Gasteiger partial charge is 0.254 e. The second-order valence-electron chi connectivity index (χ2n) is 9.16. The molecule has 0 saturated carbocycles. The molecular formula is C26H30F2N2O3. The van der Waals surface area contributed by atoms with Gasteiger partial charge >= 0.3 is 0 Å². The van der Waals surface area contributed by atoms with Crippen molar-refractivity contribution in [2.75, 3.05) is 33.3 Å². The third kappa shape index (κ3) is 5.18. The van der Waals surface area contributed by atoms with Crippen LogP contribution in [0.15, 0.2) is 42.5 Å². The van der Waals surface area contributed by atoms with Gasteiger partial charge in [-0.05, 0) is 55.9 Å². The summed E-state index contributed by atoms with van der Waals surface area (Å²) < 4.78 is 33.4. The number of hydrogen-bond acceptors (Lipinski definition) is 3. The van der Waals surface area contributed by atoms with E-state index in [0.717, 1.165) is 48.8 Å². The third-order valence-electron chi connectivity index (χ3n) is 6.78. The molecule has 1 saturated heterocycles. The molecule has 4 rings (SSSR count). The van der Waals surface area contributed by atoms with Gasteiger partial charge in [0, 0.05) is 31.8 Å². The van der Waals surface area contributed by atoms with Crippen LogP contribution in [0.4, 0.5) is 8.78 Å². The molecule has 2 heterocycles. The maximum atomic E-state index is 13.7. The molecule has 33 heavy (non-hydrogen) atoms. The second kappa shape index (κ2) is 9.89. The Balaban J connectivity index is 1.55. The van der Waals surface area contributed by atoms with Crippen LogP contribution in [0.5, 0.6) is 5.75 Å². The number of likely N-dealkylation sites (tertiary alicyclic amines) is 1. The van der Waals surface area contributed by atoms with Crippen LogP contribution < -0.4 is 4.74 Å². The fourth-order valence-corrected chi connectivity index (χ4v) is 5.08. The Bertz CT molecular complexity index is 1010. The molecular weight excluding hydrogens is 426 g/mol. The summed E-state index contributed by atoms with van der Waals surface area (Å²) in [6.07, 6.45) is 4.63. The first-order valence-electron chi connectivity index (χ1n) is 11.6. The lowest BCUT2D eigenvalue weighted by molar-refractivity contribution is -0.144. The van der Waals surface area contributed by atoms with Gasteiger partial charge in [-0.3, -0.25) is 9.59 Å². The lowest BCUT2D eigenvalue weighted by atomic mass is 9.74. The zero-order valence-corrected chi connectivity index (χ0v) is 19.0. The molecule has 176 valence electrons. The molecule has 0 aliphatic carbocycles. The first kappa shape index (κ1) is 23.2. The first-order valence-corrected chi connectivity index (χ1v) is 11.6. The van der Waals surface area contributed by atoms with E-state index in [2.05, 4.69) is 6.07 Å². The molecule has 2 aromatic carbocycles. The highest BCUT2D eigenvalue weighted by Crippen LogP contribution is 2.38. The van der Waals surface area contributed by atoms with Crippen LogP contribution in [0.25, 0.3) is 0 Å². The fourth-order valence-electron chi connectivity index (χ4n) is 5.08. The van der Waals surface area contributed by atoms with E-state index in [0.29, 0.717) is 39.0 Å². The summed E-state index contributed by atoms with van der Waals surface area (Å²) in [6.45, 7) is 1.55. The van der Waals surface area contributed by atoms with Crippen LogP contribution in [-0.2, 0) is 11.2 Å². The monoisotopic (exact) mass is 456 g/mol. The normalized spacial score (nSPS) is 22.2. The van der Waals surface area contributed by atoms with Crippen molar-refractivity contribution in [3.63, 3.8) is 0 Å². The average Bonchev–Trinajstić information content (AvgIpc) is 2.80. The summed E-state index contributed by atoms with van der Waals surface area (Å²) >= 11 is 0. The predicted octanol–water partition coefficient (Wildman–Crippen LogP) is 4.45. The molecule has 7 heteroatoms. The van der Waals surface area contributed by atoms with Crippen molar-refractivity contribution in [1.29, 1.82) is 0 Å². The fraction of sp³-hybridized carbons (Fsp3) is 0.462. The number of carbonyl (C=O) groups excluding carboxylic acids is 2. The van der Waals surface area contributed by atoms with Crippen molar-refractivity contribution in [3.05, 3.63) is 65.2 Å². The topological polar surface area (TPSA) is 49.9 Å². The number of hydrogen-bond donors (Lipinski definition) is 0. The SMILES string of the molecule is CN1CCOc2ccccc2CCCCC2(CCCN(C(=O)c3cc(F)cc(F)c3)C2)C1=O. The van der Waals surface area contributed by atoms with Gasteiger partial charge in [-0.2, -0.15) is 0 Å². The van der Waals surface area contributed by atoms with Gasteiger partial charge in [-0.1, -0.05) is 24.6 Å². The first-order chi connectivity index (χ1) is 15.9. The standard InChI is InChI=1S/C26H30F2N2O3/c1-29-13-14-33-23-9-3-2-7-19(23)8-4-5-10-26(25(29)32)11-6-12-30(18-26)24(31)20-15-21(27)17-22(28)16-20/h2-3,7,9,15-17H,4-6,8,10-14,18H2,1H3. The number of para-hydroxylation sites is 1. The maximum absolute atomic E-state index is 13.7. The molecule has 1 atom stereocenters. The minimum absolute atomic E-state index is 0.00267. The van der Waals surface area contributed by atoms with Gasteiger partial charge in [-0.15, -0.1) is 0 Å². The number of fused-ring (bicyclic) bond motifs is 1. The summed E-state index contributed by atoms with van der Waals surface area (Å²) in [4.78, 5) is 30.0. The van der Waals surface area contributed by atoms with Gasteiger partial charge in [0.15, 0.2) is 0 Å². The van der Waals surface area contributed by atoms with E-state index in [4.69, 9.17) is 4.74 Å². The van der Waals surface area contributed by atoms with Crippen molar-refractivity contribution in [2.24, 2.45) is 5.41 Å². The van der Waals surface area contributed by atoms with E-state index >= 15 is 0 Å². The van der Waals surface area contributed by atoms with E-state index < -0.39 is 23.0 Å². The summed E-state index contributed by atoms with van der Waals surface area (Å²) in [5, 5.41) is 0. The van der Waals surface area contributed by atoms with E-state index in [9.17, 15) is 18.4 Å². The number of carbonyl (C=O) groups is 2. The molecule has 0 aromatic heterocycles. The van der Waals surface area contributed by atoms with Crippen molar-refractivity contribution in [2.45, 2.75) is 38.5 Å². The number of amides is 2. The Morgan fingerprint density at radius 3 is 2.52 bits per heavy atom. The Kier molecular flexibility index (Phi) is 6.96. The molecule has 1 unspecified atom stereocenters. The van der Waals surface area contributed by atoms with Gasteiger partial charge in [0.25, 0.3) is 5.91 Å². The van der Waals surface area contributed by atoms with Gasteiger partial charge in [0.05, 0.1) is 12.0 Å². The van der Waals surface area contributed by atoms with Crippen molar-refractivity contribution >= 4 is 11.8 Å². The maximum Gasteiger partial charge on any atom is 0.254 e. The van der Waals surface area contributed by atoms with Crippen LogP contribution in [0.1, 0.15) is 48.0 Å². The zero-order valence-electron chi connectivity index (χ0n) is 19.0. The Morgan fingerprint density at radius 2 is 1.73 bits per heavy atom. The summed E-state index contributed by atoms with van der Waals surface area (Å²) in [5.41, 5.74) is 0.436. The van der Waals surface area contributed by atoms with Gasteiger partial charge in [0.2, 0.25) is 5.91 Å². The molecule has 1 fully saturated rings. The minimum atomic E-state index is -0.785. The number of halogens is 2. The Hall–Kier alpha value is -2.96. The zero-order chi connectivity index (χ0) is 23.4. The highest BCUT2D eigenvalue weighted by atomic mass is 19.1. The molecule has 5 nitrogen and oxygen atoms in total. The number of likely N-dealkylation sites (N-methyl/N-ethyl adjacent to an activating group) is 1. The van der Waals surface area contributed by atoms with Crippen LogP contribution in [0.2, 0.25) is 0 Å². The lowest BCUT2D eigenvalue weighted by Gasteiger charge is -2.44. The van der Waals surface area contributed by atoms with Crippen molar-refractivity contribution < 1.29 is 23.1 Å². The van der Waals surface area contributed by atoms with Crippen LogP contribution >= 0.6 is 0 Å². The van der Waals surface area contributed by atoms with E-state index in [-0.39, 0.29) is 18.0 Å². The number of rotatable bonds is 1. The number of piperidine rings is 1. The summed E-state index contributed by atoms with van der Waals surface area (Å²) in [7, 11) is 1.77. The van der Waals surface area contributed by atoms with Crippen LogP contribution in [0, 0.1) is 17.0 Å². The van der Waals surface area contributed by atoms with Gasteiger partial charge in [0.1, 0.15) is 24.0 Å². The highest BCUT2D eigenvalue weighted by molar-refractivity contribution is 5.95. The summed E-state index contributed by atoms with van der Waals surface area (Å²) in [5.74, 6) is -1.14. The predicted molar refractivity (Wildman–Crippen MR) is 121 cm³/mol. The number of ether oxygens (including phenoxy) is 1. The quantitative estimate of drug-likeness (QED) is 0.637. The second-order valence-corrected chi connectivity index (χ2v) is 9.16. The third-order valence-corrected chi connectivity index (χ3v) is 6.78. The molecule has 2 aliphatic rings. The number of nitrogens with zero attached hydrogens (tertiary/aromatic N) is 2. The number of aryl methyl sites for hydroxylation is 1. The van der Waals surface area contributed by atoms with Crippen molar-refractivity contribution in [3.8, 4) is 5.75 Å². The highest BCUT2D eigenvalue weighted by Gasteiger charge is 2.44. The van der Waals surface area contributed by atoms with Crippen LogP contribution in [-0.4, -0.2) is 54.9 Å². The molecule has 2 amide bonds. The number of benzene rings is 2. The molecule has 2 aromatic rings. The Labute approximate surface area is 193 Å². The molecule has 2 aliphatic heterocycles. The molecule has 0 radical (unpaired) electrons. The van der Waals surface area contributed by atoms with E-state index in [1.807, 2.05) is 18.2 Å². The molecule has 0 N–H and O–H groups in total. The summed E-state index contributed by atoms with van der Waals surface area (Å²) in [6, 6.07) is 10.8. The Morgan fingerprint density at radius 1 is 1.00 bits per heavy atom. The van der Waals surface area contributed by atoms with Crippen molar-refractivity contribution in [1.82, 2.24) is 9.80 Å². The van der Waals surface area contributed by atoms with E-state index in [1.54, 1.807) is 16.8 Å². The average molecular weight is 457 g/mol. The van der Waals surface area contributed by atoms with Gasteiger partial charge < -0.3 is 14.5 Å². The van der Waals surface area contributed by atoms with Gasteiger partial charge in [-0.25, -0.2) is 8.78 Å². The molecule has 0 bridgehead atoms. The van der Waals surface area contributed by atoms with E-state index in [1.165, 1.54) is 0 Å². The largest absolute Gasteiger partial charge is 0.491 e. The minimum Gasteiger partial charge on any atom is -0.491 e. The lowest BCUT2D eigenvalue weighted by Crippen LogP contribution is -2.54.